The lowest BCUT2D eigenvalue weighted by molar-refractivity contribution is -0.139. The zero-order valence-corrected chi connectivity index (χ0v) is 9.02. The molecule has 0 amide bonds. The second-order valence-corrected chi connectivity index (χ2v) is 4.44. The van der Waals surface area contributed by atoms with E-state index in [0.29, 0.717) is 18.7 Å². The topological polar surface area (TPSA) is 49.8 Å². The van der Waals surface area contributed by atoms with Crippen molar-refractivity contribution < 1.29 is 14.6 Å². The van der Waals surface area contributed by atoms with Gasteiger partial charge >= 0.3 is 5.97 Å². The van der Waals surface area contributed by atoms with Gasteiger partial charge in [0, 0.05) is 19.1 Å². The van der Waals surface area contributed by atoms with E-state index in [1.54, 1.807) is 0 Å². The van der Waals surface area contributed by atoms with Crippen LogP contribution >= 0.6 is 0 Å². The molecule has 0 aromatic carbocycles. The SMILES string of the molecule is O=C(O)CCN1CCOC2CCCCC21. The standard InChI is InChI=1S/C11H19NO3/c13-11(14)5-6-12-7-8-15-10-4-2-1-3-9(10)12/h9-10H,1-8H2,(H,13,14). The first-order valence-corrected chi connectivity index (χ1v) is 5.85. The Balaban J connectivity index is 1.88. The van der Waals surface area contributed by atoms with Crippen molar-refractivity contribution in [1.82, 2.24) is 4.90 Å². The summed E-state index contributed by atoms with van der Waals surface area (Å²) in [5.41, 5.74) is 0. The number of rotatable bonds is 3. The van der Waals surface area contributed by atoms with Crippen LogP contribution in [0.4, 0.5) is 0 Å². The zero-order chi connectivity index (χ0) is 10.7. The Bertz CT molecular complexity index is 230. The molecule has 1 heterocycles. The third kappa shape index (κ3) is 2.69. The summed E-state index contributed by atoms with van der Waals surface area (Å²) in [7, 11) is 0. The van der Waals surface area contributed by atoms with Gasteiger partial charge in [0.25, 0.3) is 0 Å². The summed E-state index contributed by atoms with van der Waals surface area (Å²) in [6.07, 6.45) is 5.45. The molecule has 2 atom stereocenters. The Morgan fingerprint density at radius 2 is 2.20 bits per heavy atom. The summed E-state index contributed by atoms with van der Waals surface area (Å²) < 4.78 is 5.73. The Labute approximate surface area is 90.2 Å². The molecule has 4 nitrogen and oxygen atoms in total. The van der Waals surface area contributed by atoms with E-state index >= 15 is 0 Å². The van der Waals surface area contributed by atoms with E-state index in [9.17, 15) is 4.79 Å². The molecule has 2 rings (SSSR count). The average Bonchev–Trinajstić information content (AvgIpc) is 2.26. The van der Waals surface area contributed by atoms with Crippen LogP contribution in [0.2, 0.25) is 0 Å². The highest BCUT2D eigenvalue weighted by molar-refractivity contribution is 5.66. The van der Waals surface area contributed by atoms with E-state index in [0.717, 1.165) is 19.6 Å². The number of morpholine rings is 1. The monoisotopic (exact) mass is 213 g/mol. The van der Waals surface area contributed by atoms with Crippen LogP contribution in [0.15, 0.2) is 0 Å². The highest BCUT2D eigenvalue weighted by Gasteiger charge is 2.33. The molecule has 2 aliphatic rings. The summed E-state index contributed by atoms with van der Waals surface area (Å²) in [5.74, 6) is -0.700. The molecule has 0 radical (unpaired) electrons. The smallest absolute Gasteiger partial charge is 0.304 e. The minimum Gasteiger partial charge on any atom is -0.481 e. The first-order chi connectivity index (χ1) is 7.27. The van der Waals surface area contributed by atoms with Crippen LogP contribution in [0.5, 0.6) is 0 Å². The molecular weight excluding hydrogens is 194 g/mol. The predicted molar refractivity (Wildman–Crippen MR) is 55.8 cm³/mol. The number of ether oxygens (including phenoxy) is 1. The van der Waals surface area contributed by atoms with Gasteiger partial charge in [-0.2, -0.15) is 0 Å². The number of hydrogen-bond acceptors (Lipinski definition) is 3. The molecule has 1 saturated heterocycles. The number of fused-ring (bicyclic) bond motifs is 1. The second-order valence-electron chi connectivity index (χ2n) is 4.44. The fourth-order valence-electron chi connectivity index (χ4n) is 2.69. The normalized spacial score (nSPS) is 32.3. The van der Waals surface area contributed by atoms with Crippen molar-refractivity contribution in [2.24, 2.45) is 0 Å². The summed E-state index contributed by atoms with van der Waals surface area (Å²) in [5, 5.41) is 8.68. The molecule has 1 aliphatic carbocycles. The molecule has 0 bridgehead atoms. The quantitative estimate of drug-likeness (QED) is 0.763. The first kappa shape index (κ1) is 10.9. The van der Waals surface area contributed by atoms with Crippen molar-refractivity contribution in [2.45, 2.75) is 44.2 Å². The largest absolute Gasteiger partial charge is 0.481 e. The van der Waals surface area contributed by atoms with Gasteiger partial charge in [0.2, 0.25) is 0 Å². The van der Waals surface area contributed by atoms with Crippen molar-refractivity contribution in [2.75, 3.05) is 19.7 Å². The average molecular weight is 213 g/mol. The Morgan fingerprint density at radius 3 is 3.00 bits per heavy atom. The number of aliphatic carboxylic acids is 1. The van der Waals surface area contributed by atoms with Crippen LogP contribution in [0.25, 0.3) is 0 Å². The van der Waals surface area contributed by atoms with Crippen LogP contribution < -0.4 is 0 Å². The predicted octanol–water partition coefficient (Wildman–Crippen LogP) is 1.10. The van der Waals surface area contributed by atoms with Crippen LogP contribution in [0, 0.1) is 0 Å². The van der Waals surface area contributed by atoms with Crippen molar-refractivity contribution in [3.63, 3.8) is 0 Å². The summed E-state index contributed by atoms with van der Waals surface area (Å²) in [6, 6.07) is 0.479. The second kappa shape index (κ2) is 4.94. The van der Waals surface area contributed by atoms with Gasteiger partial charge in [0.15, 0.2) is 0 Å². The maximum atomic E-state index is 10.5. The van der Waals surface area contributed by atoms with Crippen LogP contribution in [0.3, 0.4) is 0 Å². The highest BCUT2D eigenvalue weighted by atomic mass is 16.5. The van der Waals surface area contributed by atoms with E-state index in [1.165, 1.54) is 19.3 Å². The number of carbonyl (C=O) groups is 1. The van der Waals surface area contributed by atoms with Gasteiger partial charge in [-0.15, -0.1) is 0 Å². The van der Waals surface area contributed by atoms with Gasteiger partial charge in [0.1, 0.15) is 0 Å². The third-order valence-electron chi connectivity index (χ3n) is 3.46. The Hall–Kier alpha value is -0.610. The molecule has 1 saturated carbocycles. The third-order valence-corrected chi connectivity index (χ3v) is 3.46. The molecule has 0 aromatic rings. The van der Waals surface area contributed by atoms with E-state index in [-0.39, 0.29) is 6.42 Å². The number of carboxylic acids is 1. The fraction of sp³-hybridized carbons (Fsp3) is 0.909. The minimum atomic E-state index is -0.700. The molecule has 1 N–H and O–H groups in total. The Kier molecular flexibility index (Phi) is 3.59. The number of nitrogens with zero attached hydrogens (tertiary/aromatic N) is 1. The maximum Gasteiger partial charge on any atom is 0.304 e. The molecule has 4 heteroatoms. The van der Waals surface area contributed by atoms with Gasteiger partial charge in [-0.1, -0.05) is 12.8 Å². The maximum absolute atomic E-state index is 10.5. The lowest BCUT2D eigenvalue weighted by atomic mass is 9.90. The van der Waals surface area contributed by atoms with Crippen LogP contribution in [-0.4, -0.2) is 47.8 Å². The van der Waals surface area contributed by atoms with Gasteiger partial charge in [-0.05, 0) is 12.8 Å². The van der Waals surface area contributed by atoms with Gasteiger partial charge in [0.05, 0.1) is 19.1 Å². The lowest BCUT2D eigenvalue weighted by Crippen LogP contribution is -2.53. The van der Waals surface area contributed by atoms with E-state index < -0.39 is 5.97 Å². The molecule has 2 unspecified atom stereocenters. The van der Waals surface area contributed by atoms with Crippen LogP contribution in [0.1, 0.15) is 32.1 Å². The molecule has 86 valence electrons. The molecule has 2 fully saturated rings. The zero-order valence-electron chi connectivity index (χ0n) is 9.02. The lowest BCUT2D eigenvalue weighted by Gasteiger charge is -2.43. The number of hydrogen-bond donors (Lipinski definition) is 1. The van der Waals surface area contributed by atoms with E-state index in [1.807, 2.05) is 0 Å². The van der Waals surface area contributed by atoms with Gasteiger partial charge in [-0.25, -0.2) is 0 Å². The van der Waals surface area contributed by atoms with Crippen molar-refractivity contribution in [1.29, 1.82) is 0 Å². The van der Waals surface area contributed by atoms with E-state index in [4.69, 9.17) is 9.84 Å². The summed E-state index contributed by atoms with van der Waals surface area (Å²) in [4.78, 5) is 12.9. The minimum absolute atomic E-state index is 0.253. The van der Waals surface area contributed by atoms with Crippen molar-refractivity contribution >= 4 is 5.97 Å². The number of carboxylic acid groups (broad SMARTS) is 1. The summed E-state index contributed by atoms with van der Waals surface area (Å²) in [6.45, 7) is 2.34. The molecular formula is C11H19NO3. The van der Waals surface area contributed by atoms with Gasteiger partial charge in [-0.3, -0.25) is 9.69 Å². The van der Waals surface area contributed by atoms with Crippen molar-refractivity contribution in [3.8, 4) is 0 Å². The van der Waals surface area contributed by atoms with Crippen LogP contribution in [-0.2, 0) is 9.53 Å². The first-order valence-electron chi connectivity index (χ1n) is 5.85. The molecule has 0 spiro atoms. The Morgan fingerprint density at radius 1 is 1.40 bits per heavy atom. The van der Waals surface area contributed by atoms with E-state index in [2.05, 4.69) is 4.90 Å². The molecule has 0 aromatic heterocycles. The summed E-state index contributed by atoms with van der Waals surface area (Å²) >= 11 is 0. The fourth-order valence-corrected chi connectivity index (χ4v) is 2.69. The molecule has 1 aliphatic heterocycles. The molecule has 15 heavy (non-hydrogen) atoms. The highest BCUT2D eigenvalue weighted by Crippen LogP contribution is 2.28. The van der Waals surface area contributed by atoms with Gasteiger partial charge < -0.3 is 9.84 Å². The van der Waals surface area contributed by atoms with Crippen molar-refractivity contribution in [3.05, 3.63) is 0 Å².